The second-order valence-corrected chi connectivity index (χ2v) is 6.19. The predicted molar refractivity (Wildman–Crippen MR) is 76.8 cm³/mol. The van der Waals surface area contributed by atoms with Crippen LogP contribution in [0, 0.1) is 0 Å². The maximum absolute atomic E-state index is 12.0. The molecule has 108 valence electrons. The van der Waals surface area contributed by atoms with Gasteiger partial charge < -0.3 is 9.84 Å². The van der Waals surface area contributed by atoms with E-state index in [1.54, 1.807) is 7.11 Å². The molecular weight excluding hydrogens is 252 g/mol. The molecule has 0 bridgehead atoms. The Morgan fingerprint density at radius 3 is 2.15 bits per heavy atom. The van der Waals surface area contributed by atoms with Crippen molar-refractivity contribution in [2.45, 2.75) is 56.0 Å². The molecule has 2 aliphatic carbocycles. The van der Waals surface area contributed by atoms with E-state index >= 15 is 0 Å². The Bertz CT molecular complexity index is 511. The largest absolute Gasteiger partial charge is 0.481 e. The highest BCUT2D eigenvalue weighted by molar-refractivity contribution is 5.82. The van der Waals surface area contributed by atoms with Crippen molar-refractivity contribution in [3.05, 3.63) is 35.4 Å². The summed E-state index contributed by atoms with van der Waals surface area (Å²) in [6, 6.07) is 8.03. The van der Waals surface area contributed by atoms with Gasteiger partial charge in [-0.2, -0.15) is 0 Å². The van der Waals surface area contributed by atoms with Crippen molar-refractivity contribution in [2.75, 3.05) is 7.11 Å². The molecule has 20 heavy (non-hydrogen) atoms. The van der Waals surface area contributed by atoms with Gasteiger partial charge in [-0.05, 0) is 36.8 Å². The van der Waals surface area contributed by atoms with Crippen LogP contribution in [0.15, 0.2) is 24.3 Å². The number of benzene rings is 1. The lowest BCUT2D eigenvalue weighted by atomic mass is 9.67. The predicted octanol–water partition coefficient (Wildman–Crippen LogP) is 3.61. The van der Waals surface area contributed by atoms with Gasteiger partial charge in [0, 0.05) is 7.11 Å². The van der Waals surface area contributed by atoms with E-state index in [9.17, 15) is 9.90 Å². The van der Waals surface area contributed by atoms with Gasteiger partial charge in [0.05, 0.1) is 11.0 Å². The van der Waals surface area contributed by atoms with E-state index < -0.39 is 11.4 Å². The van der Waals surface area contributed by atoms with Gasteiger partial charge in [0.1, 0.15) is 0 Å². The van der Waals surface area contributed by atoms with Gasteiger partial charge in [0.2, 0.25) is 0 Å². The molecule has 0 spiro atoms. The third kappa shape index (κ3) is 1.96. The number of hydrogen-bond donors (Lipinski definition) is 1. The quantitative estimate of drug-likeness (QED) is 0.912. The molecular formula is C17H22O3. The summed E-state index contributed by atoms with van der Waals surface area (Å²) in [6.45, 7) is 0. The van der Waals surface area contributed by atoms with Gasteiger partial charge in [-0.25, -0.2) is 0 Å². The molecule has 1 aromatic carbocycles. The minimum Gasteiger partial charge on any atom is -0.481 e. The van der Waals surface area contributed by atoms with Crippen molar-refractivity contribution in [1.82, 2.24) is 0 Å². The van der Waals surface area contributed by atoms with Crippen LogP contribution in [-0.4, -0.2) is 18.2 Å². The van der Waals surface area contributed by atoms with Crippen molar-refractivity contribution in [3.63, 3.8) is 0 Å². The maximum atomic E-state index is 12.0. The number of aliphatic carboxylic acids is 1. The fourth-order valence-electron chi connectivity index (χ4n) is 3.75. The maximum Gasteiger partial charge on any atom is 0.314 e. The first-order chi connectivity index (χ1) is 9.65. The topological polar surface area (TPSA) is 46.5 Å². The first-order valence-corrected chi connectivity index (χ1v) is 7.53. The average molecular weight is 274 g/mol. The van der Waals surface area contributed by atoms with Gasteiger partial charge in [-0.3, -0.25) is 4.79 Å². The molecule has 1 N–H and O–H groups in total. The SMILES string of the molecule is COC1(c2ccccc2C2(C(=O)O)CCCCC2)CC1. The Kier molecular flexibility index (Phi) is 3.33. The zero-order valence-electron chi connectivity index (χ0n) is 12.0. The number of carbonyl (C=O) groups is 1. The Balaban J connectivity index is 2.10. The van der Waals surface area contributed by atoms with Crippen LogP contribution in [-0.2, 0) is 20.5 Å². The molecule has 2 saturated carbocycles. The minimum absolute atomic E-state index is 0.226. The van der Waals surface area contributed by atoms with Gasteiger partial charge in [0.25, 0.3) is 0 Å². The van der Waals surface area contributed by atoms with E-state index in [2.05, 4.69) is 6.07 Å². The van der Waals surface area contributed by atoms with Crippen molar-refractivity contribution >= 4 is 5.97 Å². The first-order valence-electron chi connectivity index (χ1n) is 7.53. The Morgan fingerprint density at radius 1 is 1.05 bits per heavy atom. The second-order valence-electron chi connectivity index (χ2n) is 6.19. The van der Waals surface area contributed by atoms with Crippen LogP contribution in [0.25, 0.3) is 0 Å². The fraction of sp³-hybridized carbons (Fsp3) is 0.588. The summed E-state index contributed by atoms with van der Waals surface area (Å²) in [5.74, 6) is -0.670. The van der Waals surface area contributed by atoms with E-state index in [0.29, 0.717) is 0 Å². The summed E-state index contributed by atoms with van der Waals surface area (Å²) in [5, 5.41) is 9.88. The van der Waals surface area contributed by atoms with Crippen molar-refractivity contribution in [3.8, 4) is 0 Å². The molecule has 3 rings (SSSR count). The standard InChI is InChI=1S/C17H22O3/c1-20-17(11-12-17)14-8-4-3-7-13(14)16(15(18)19)9-5-2-6-10-16/h3-4,7-8H,2,5-6,9-12H2,1H3,(H,18,19). The zero-order chi connectivity index (χ0) is 14.2. The van der Waals surface area contributed by atoms with Gasteiger partial charge in [-0.1, -0.05) is 43.5 Å². The molecule has 0 saturated heterocycles. The lowest BCUT2D eigenvalue weighted by Gasteiger charge is -2.36. The smallest absolute Gasteiger partial charge is 0.314 e. The average Bonchev–Trinajstić information content (AvgIpc) is 3.29. The number of methoxy groups -OCH3 is 1. The molecule has 0 amide bonds. The Hall–Kier alpha value is -1.35. The minimum atomic E-state index is -0.705. The number of ether oxygens (including phenoxy) is 1. The molecule has 2 aliphatic rings. The van der Waals surface area contributed by atoms with E-state index in [1.165, 1.54) is 0 Å². The molecule has 2 fully saturated rings. The first kappa shape index (κ1) is 13.6. The number of carboxylic acid groups (broad SMARTS) is 1. The summed E-state index contributed by atoms with van der Waals surface area (Å²) in [5.41, 5.74) is 1.16. The highest BCUT2D eigenvalue weighted by Crippen LogP contribution is 2.53. The van der Waals surface area contributed by atoms with Crippen LogP contribution >= 0.6 is 0 Å². The zero-order valence-corrected chi connectivity index (χ0v) is 12.0. The molecule has 1 aromatic rings. The Morgan fingerprint density at radius 2 is 1.65 bits per heavy atom. The molecule has 3 nitrogen and oxygen atoms in total. The summed E-state index contributed by atoms with van der Waals surface area (Å²) in [4.78, 5) is 12.0. The van der Waals surface area contributed by atoms with Gasteiger partial charge in [0.15, 0.2) is 0 Å². The highest BCUT2D eigenvalue weighted by Gasteiger charge is 2.51. The van der Waals surface area contributed by atoms with Crippen LogP contribution in [0.4, 0.5) is 0 Å². The van der Waals surface area contributed by atoms with Crippen LogP contribution in [0.1, 0.15) is 56.1 Å². The second kappa shape index (κ2) is 4.88. The summed E-state index contributed by atoms with van der Waals surface area (Å²) >= 11 is 0. The van der Waals surface area contributed by atoms with E-state index in [4.69, 9.17) is 4.74 Å². The van der Waals surface area contributed by atoms with E-state index in [0.717, 1.165) is 56.1 Å². The molecule has 0 aliphatic heterocycles. The van der Waals surface area contributed by atoms with Crippen molar-refractivity contribution in [2.24, 2.45) is 0 Å². The molecule has 0 radical (unpaired) electrons. The van der Waals surface area contributed by atoms with E-state index in [-0.39, 0.29) is 5.60 Å². The lowest BCUT2D eigenvalue weighted by molar-refractivity contribution is -0.145. The monoisotopic (exact) mass is 274 g/mol. The van der Waals surface area contributed by atoms with Crippen molar-refractivity contribution < 1.29 is 14.6 Å². The molecule has 0 atom stereocenters. The third-order valence-corrected chi connectivity index (χ3v) is 5.14. The summed E-state index contributed by atoms with van der Waals surface area (Å²) in [6.07, 6.45) is 6.64. The summed E-state index contributed by atoms with van der Waals surface area (Å²) in [7, 11) is 1.73. The lowest BCUT2D eigenvalue weighted by Crippen LogP contribution is -2.39. The van der Waals surface area contributed by atoms with Crippen molar-refractivity contribution in [1.29, 1.82) is 0 Å². The van der Waals surface area contributed by atoms with E-state index in [1.807, 2.05) is 18.2 Å². The molecule has 0 heterocycles. The van der Waals surface area contributed by atoms with Crippen LogP contribution in [0.2, 0.25) is 0 Å². The summed E-state index contributed by atoms with van der Waals surface area (Å²) < 4.78 is 5.70. The molecule has 0 unspecified atom stereocenters. The number of carboxylic acids is 1. The number of hydrogen-bond acceptors (Lipinski definition) is 2. The van der Waals surface area contributed by atoms with Crippen LogP contribution in [0.3, 0.4) is 0 Å². The van der Waals surface area contributed by atoms with Crippen LogP contribution < -0.4 is 0 Å². The number of rotatable bonds is 4. The fourth-order valence-corrected chi connectivity index (χ4v) is 3.75. The molecule has 3 heteroatoms. The third-order valence-electron chi connectivity index (χ3n) is 5.14. The van der Waals surface area contributed by atoms with Gasteiger partial charge in [-0.15, -0.1) is 0 Å². The highest BCUT2D eigenvalue weighted by atomic mass is 16.5. The normalized spacial score (nSPS) is 23.2. The van der Waals surface area contributed by atoms with Crippen LogP contribution in [0.5, 0.6) is 0 Å². The van der Waals surface area contributed by atoms with Gasteiger partial charge >= 0.3 is 5.97 Å². The molecule has 0 aromatic heterocycles. The Labute approximate surface area is 120 Å².